The van der Waals surface area contributed by atoms with Crippen molar-refractivity contribution >= 4 is 16.2 Å². The Balaban J connectivity index is 1.90. The van der Waals surface area contributed by atoms with Crippen molar-refractivity contribution in [1.29, 1.82) is 0 Å². The van der Waals surface area contributed by atoms with Gasteiger partial charge in [-0.1, -0.05) is 0 Å². The third kappa shape index (κ3) is 4.14. The highest BCUT2D eigenvalue weighted by Gasteiger charge is 2.50. The first-order valence-corrected chi connectivity index (χ1v) is 8.82. The molecule has 0 saturated carbocycles. The molecule has 24 heavy (non-hydrogen) atoms. The monoisotopic (exact) mass is 371 g/mol. The van der Waals surface area contributed by atoms with E-state index in [2.05, 4.69) is 4.18 Å². The summed E-state index contributed by atoms with van der Waals surface area (Å²) in [7, 11) is -5.62. The van der Waals surface area contributed by atoms with Crippen molar-refractivity contribution in [3.05, 3.63) is 11.8 Å². The number of allylic oxidation sites excluding steroid dienone is 2. The number of alkyl halides is 3. The standard InChI is InChI=1S/C14H20F3NO5S/c1-12(2,3)22-11(19)18-8-13(9-18)6-4-10(5-7-13)23-24(20,21)14(15,16)17/h4H,5-9H2,1-3H3. The summed E-state index contributed by atoms with van der Waals surface area (Å²) in [5.41, 5.74) is -6.28. The number of hydrogen-bond acceptors (Lipinski definition) is 5. The zero-order valence-corrected chi connectivity index (χ0v) is 14.5. The molecule has 0 aromatic carbocycles. The van der Waals surface area contributed by atoms with Gasteiger partial charge in [-0.25, -0.2) is 4.79 Å². The van der Waals surface area contributed by atoms with E-state index in [9.17, 15) is 26.4 Å². The lowest BCUT2D eigenvalue weighted by atomic mass is 9.71. The molecule has 10 heteroatoms. The number of carbonyl (C=O) groups is 1. The first-order valence-electron chi connectivity index (χ1n) is 7.41. The third-order valence-electron chi connectivity index (χ3n) is 3.87. The molecule has 1 saturated heterocycles. The van der Waals surface area contributed by atoms with Gasteiger partial charge in [0.25, 0.3) is 0 Å². The van der Waals surface area contributed by atoms with E-state index in [0.29, 0.717) is 25.9 Å². The van der Waals surface area contributed by atoms with Gasteiger partial charge in [0.1, 0.15) is 11.4 Å². The molecular formula is C14H20F3NO5S. The van der Waals surface area contributed by atoms with Crippen molar-refractivity contribution in [2.45, 2.75) is 51.1 Å². The van der Waals surface area contributed by atoms with Crippen molar-refractivity contribution in [3.8, 4) is 0 Å². The Kier molecular flexibility index (Phi) is 4.58. The summed E-state index contributed by atoms with van der Waals surface area (Å²) in [6.07, 6.45) is 1.82. The van der Waals surface area contributed by atoms with Crippen molar-refractivity contribution in [3.63, 3.8) is 0 Å². The Labute approximate surface area is 138 Å². The molecule has 0 unspecified atom stereocenters. The average Bonchev–Trinajstić information content (AvgIpc) is 2.33. The van der Waals surface area contributed by atoms with Crippen LogP contribution in [0.2, 0.25) is 0 Å². The maximum absolute atomic E-state index is 12.3. The molecule has 1 heterocycles. The molecule has 0 radical (unpaired) electrons. The molecule has 0 bridgehead atoms. The van der Waals surface area contributed by atoms with Gasteiger partial charge in [0.2, 0.25) is 0 Å². The Morgan fingerprint density at radius 2 is 1.83 bits per heavy atom. The minimum Gasteiger partial charge on any atom is -0.444 e. The maximum atomic E-state index is 12.3. The third-order valence-corrected chi connectivity index (χ3v) is 4.87. The zero-order chi connectivity index (χ0) is 18.4. The molecular weight excluding hydrogens is 351 g/mol. The summed E-state index contributed by atoms with van der Waals surface area (Å²) >= 11 is 0. The molecule has 0 atom stereocenters. The Morgan fingerprint density at radius 1 is 1.25 bits per heavy atom. The van der Waals surface area contributed by atoms with Gasteiger partial charge in [-0.15, -0.1) is 0 Å². The first kappa shape index (κ1) is 18.9. The van der Waals surface area contributed by atoms with E-state index in [1.54, 1.807) is 20.8 Å². The lowest BCUT2D eigenvalue weighted by Gasteiger charge is -2.51. The number of nitrogens with zero attached hydrogens (tertiary/aromatic N) is 1. The maximum Gasteiger partial charge on any atom is 0.534 e. The number of hydrogen-bond donors (Lipinski definition) is 0. The molecule has 2 rings (SSSR count). The fourth-order valence-electron chi connectivity index (χ4n) is 2.69. The zero-order valence-electron chi connectivity index (χ0n) is 13.6. The van der Waals surface area contributed by atoms with Crippen LogP contribution in [0.1, 0.15) is 40.0 Å². The van der Waals surface area contributed by atoms with Crippen LogP contribution in [0, 0.1) is 5.41 Å². The molecule has 0 N–H and O–H groups in total. The molecule has 138 valence electrons. The number of ether oxygens (including phenoxy) is 1. The van der Waals surface area contributed by atoms with Gasteiger partial charge in [-0.3, -0.25) is 0 Å². The summed E-state index contributed by atoms with van der Waals surface area (Å²) in [5, 5.41) is 0. The molecule has 6 nitrogen and oxygen atoms in total. The summed E-state index contributed by atoms with van der Waals surface area (Å²) < 4.78 is 68.2. The SMILES string of the molecule is CC(C)(C)OC(=O)N1CC2(CC=C(OS(=O)(=O)C(F)(F)F)CC2)C1. The van der Waals surface area contributed by atoms with E-state index >= 15 is 0 Å². The van der Waals surface area contributed by atoms with Gasteiger partial charge in [0, 0.05) is 24.9 Å². The minimum atomic E-state index is -5.62. The van der Waals surface area contributed by atoms with Crippen LogP contribution in [0.5, 0.6) is 0 Å². The van der Waals surface area contributed by atoms with Gasteiger partial charge in [0.05, 0.1) is 0 Å². The highest BCUT2D eigenvalue weighted by atomic mass is 32.2. The van der Waals surface area contributed by atoms with E-state index in [4.69, 9.17) is 4.74 Å². The van der Waals surface area contributed by atoms with E-state index in [1.807, 2.05) is 0 Å². The highest BCUT2D eigenvalue weighted by Crippen LogP contribution is 2.44. The average molecular weight is 371 g/mol. The molecule has 1 aliphatic carbocycles. The molecule has 1 aliphatic heterocycles. The van der Waals surface area contributed by atoms with Crippen LogP contribution in [0.15, 0.2) is 11.8 Å². The molecule has 2 aliphatic rings. The molecule has 0 aromatic rings. The topological polar surface area (TPSA) is 72.9 Å². The quantitative estimate of drug-likeness (QED) is 0.551. The van der Waals surface area contributed by atoms with Crippen LogP contribution in [0.25, 0.3) is 0 Å². The molecule has 1 amide bonds. The molecule has 1 spiro atoms. The number of halogens is 3. The number of rotatable bonds is 2. The Morgan fingerprint density at radius 3 is 2.25 bits per heavy atom. The largest absolute Gasteiger partial charge is 0.534 e. The first-order chi connectivity index (χ1) is 10.7. The Hall–Kier alpha value is -1.45. The van der Waals surface area contributed by atoms with Crippen LogP contribution in [-0.4, -0.2) is 43.6 Å². The second-order valence-corrected chi connectivity index (χ2v) is 8.73. The lowest BCUT2D eigenvalue weighted by Crippen LogP contribution is -2.59. The minimum absolute atomic E-state index is 0.0808. The van der Waals surface area contributed by atoms with E-state index in [-0.39, 0.29) is 17.6 Å². The van der Waals surface area contributed by atoms with Gasteiger partial charge in [0.15, 0.2) is 0 Å². The van der Waals surface area contributed by atoms with Crippen molar-refractivity contribution in [2.24, 2.45) is 5.41 Å². The normalized spacial score (nSPS) is 21.1. The van der Waals surface area contributed by atoms with E-state index in [1.165, 1.54) is 11.0 Å². The van der Waals surface area contributed by atoms with Crippen LogP contribution in [0.4, 0.5) is 18.0 Å². The van der Waals surface area contributed by atoms with E-state index < -0.39 is 27.3 Å². The number of carbonyl (C=O) groups excluding carboxylic acids is 1. The smallest absolute Gasteiger partial charge is 0.444 e. The summed E-state index contributed by atoms with van der Waals surface area (Å²) in [4.78, 5) is 13.4. The van der Waals surface area contributed by atoms with Gasteiger partial charge >= 0.3 is 21.7 Å². The fraction of sp³-hybridized carbons (Fsp3) is 0.786. The van der Waals surface area contributed by atoms with Crippen molar-refractivity contribution < 1.29 is 35.3 Å². The summed E-state index contributed by atoms with van der Waals surface area (Å²) in [5.74, 6) is -0.200. The summed E-state index contributed by atoms with van der Waals surface area (Å²) in [6.45, 7) is 6.13. The van der Waals surface area contributed by atoms with Crippen LogP contribution < -0.4 is 0 Å². The predicted molar refractivity (Wildman–Crippen MR) is 78.2 cm³/mol. The van der Waals surface area contributed by atoms with Crippen LogP contribution in [-0.2, 0) is 19.0 Å². The number of likely N-dealkylation sites (tertiary alicyclic amines) is 1. The van der Waals surface area contributed by atoms with Gasteiger partial charge in [-0.2, -0.15) is 21.6 Å². The van der Waals surface area contributed by atoms with Crippen molar-refractivity contribution in [1.82, 2.24) is 4.90 Å². The van der Waals surface area contributed by atoms with Gasteiger partial charge in [-0.05, 0) is 39.7 Å². The predicted octanol–water partition coefficient (Wildman–Crippen LogP) is 3.16. The van der Waals surface area contributed by atoms with Crippen LogP contribution >= 0.6 is 0 Å². The highest BCUT2D eigenvalue weighted by molar-refractivity contribution is 7.87. The summed E-state index contributed by atoms with van der Waals surface area (Å²) in [6, 6.07) is 0. The lowest BCUT2D eigenvalue weighted by molar-refractivity contribution is -0.0540. The molecule has 0 aromatic heterocycles. The number of amides is 1. The fourth-order valence-corrected chi connectivity index (χ4v) is 3.22. The Bertz CT molecular complexity index is 642. The molecule has 1 fully saturated rings. The second kappa shape index (κ2) is 5.82. The van der Waals surface area contributed by atoms with Crippen molar-refractivity contribution in [2.75, 3.05) is 13.1 Å². The van der Waals surface area contributed by atoms with Gasteiger partial charge < -0.3 is 13.8 Å². The van der Waals surface area contributed by atoms with Crippen LogP contribution in [0.3, 0.4) is 0 Å². The second-order valence-electron chi connectivity index (χ2n) is 7.19. The van der Waals surface area contributed by atoms with E-state index in [0.717, 1.165) is 0 Å².